The zero-order valence-electron chi connectivity index (χ0n) is 19.0. The van der Waals surface area contributed by atoms with Crippen molar-refractivity contribution in [1.29, 1.82) is 0 Å². The molecule has 7 nitrogen and oxygen atoms in total. The summed E-state index contributed by atoms with van der Waals surface area (Å²) < 4.78 is 0. The Morgan fingerprint density at radius 2 is 1.81 bits per heavy atom. The van der Waals surface area contributed by atoms with E-state index in [0.29, 0.717) is 24.8 Å². The Balaban J connectivity index is 1.26. The number of carbonyl (C=O) groups excluding carboxylic acids is 2. The normalized spacial score (nSPS) is 19.4. The second-order valence-electron chi connectivity index (χ2n) is 9.38. The average molecular weight is 436 g/mol. The molecule has 0 saturated carbocycles. The van der Waals surface area contributed by atoms with E-state index in [1.54, 1.807) is 6.20 Å². The lowest BCUT2D eigenvalue weighted by Crippen LogP contribution is -2.38. The van der Waals surface area contributed by atoms with E-state index in [1.165, 1.54) is 5.56 Å². The van der Waals surface area contributed by atoms with E-state index >= 15 is 0 Å². The molecule has 1 aromatic heterocycles. The van der Waals surface area contributed by atoms with Crippen LogP contribution in [0.3, 0.4) is 0 Å². The summed E-state index contributed by atoms with van der Waals surface area (Å²) in [6.45, 7) is 7.32. The molecule has 170 valence electrons. The summed E-state index contributed by atoms with van der Waals surface area (Å²) >= 11 is 0. The first-order chi connectivity index (χ1) is 15.5. The summed E-state index contributed by atoms with van der Waals surface area (Å²) in [6, 6.07) is 12.0. The van der Waals surface area contributed by atoms with Gasteiger partial charge in [0, 0.05) is 44.5 Å². The van der Waals surface area contributed by atoms with Crippen molar-refractivity contribution in [2.75, 3.05) is 36.4 Å². The third-order valence-electron chi connectivity index (χ3n) is 6.52. The molecule has 2 aromatic rings. The number of carbonyl (C=O) groups is 2. The van der Waals surface area contributed by atoms with Crippen LogP contribution in [0.4, 0.5) is 11.5 Å². The SMILES string of the molecule is CC(C)CC(=O)N1CCC(c2ccc(NC(=O)C3CCN(c4cccnn4)C3)cc2)CC1. The molecule has 1 N–H and O–H groups in total. The molecule has 1 aromatic carbocycles. The van der Waals surface area contributed by atoms with Crippen LogP contribution in [0.2, 0.25) is 0 Å². The number of nitrogens with zero attached hydrogens (tertiary/aromatic N) is 4. The molecule has 4 rings (SSSR count). The molecule has 0 aliphatic carbocycles. The minimum Gasteiger partial charge on any atom is -0.354 e. The summed E-state index contributed by atoms with van der Waals surface area (Å²) in [7, 11) is 0. The Labute approximate surface area is 190 Å². The van der Waals surface area contributed by atoms with Gasteiger partial charge >= 0.3 is 0 Å². The molecule has 1 unspecified atom stereocenters. The summed E-state index contributed by atoms with van der Waals surface area (Å²) in [4.78, 5) is 29.1. The molecule has 2 amide bonds. The third-order valence-corrected chi connectivity index (χ3v) is 6.52. The molecule has 2 saturated heterocycles. The Morgan fingerprint density at radius 1 is 1.06 bits per heavy atom. The van der Waals surface area contributed by atoms with Crippen LogP contribution in [-0.4, -0.2) is 53.1 Å². The third kappa shape index (κ3) is 5.44. The van der Waals surface area contributed by atoms with E-state index < -0.39 is 0 Å². The minimum absolute atomic E-state index is 0.0515. The standard InChI is InChI=1S/C25H33N5O2/c1-18(2)16-24(31)29-13-9-20(10-14-29)19-5-7-22(8-6-19)27-25(32)21-11-15-30(17-21)23-4-3-12-26-28-23/h3-8,12,18,20-21H,9-11,13-17H2,1-2H3,(H,27,32). The molecule has 1 atom stereocenters. The van der Waals surface area contributed by atoms with Gasteiger partial charge in [-0.1, -0.05) is 26.0 Å². The molecule has 0 spiro atoms. The van der Waals surface area contributed by atoms with Crippen molar-refractivity contribution in [2.45, 2.75) is 45.4 Å². The Bertz CT molecular complexity index is 908. The van der Waals surface area contributed by atoms with Gasteiger partial charge in [-0.3, -0.25) is 9.59 Å². The number of amides is 2. The quantitative estimate of drug-likeness (QED) is 0.749. The summed E-state index contributed by atoms with van der Waals surface area (Å²) in [5.41, 5.74) is 2.12. The highest BCUT2D eigenvalue weighted by Crippen LogP contribution is 2.30. The number of hydrogen-bond acceptors (Lipinski definition) is 5. The van der Waals surface area contributed by atoms with Crippen molar-refractivity contribution < 1.29 is 9.59 Å². The fourth-order valence-corrected chi connectivity index (χ4v) is 4.67. The first-order valence-corrected chi connectivity index (χ1v) is 11.7. The lowest BCUT2D eigenvalue weighted by molar-refractivity contribution is -0.133. The van der Waals surface area contributed by atoms with Crippen LogP contribution in [-0.2, 0) is 9.59 Å². The highest BCUT2D eigenvalue weighted by molar-refractivity contribution is 5.93. The summed E-state index contributed by atoms with van der Waals surface area (Å²) in [5.74, 6) is 1.98. The lowest BCUT2D eigenvalue weighted by Gasteiger charge is -2.32. The Hall–Kier alpha value is -2.96. The van der Waals surface area contributed by atoms with Crippen molar-refractivity contribution >= 4 is 23.3 Å². The predicted octanol–water partition coefficient (Wildman–Crippen LogP) is 3.69. The van der Waals surface area contributed by atoms with Gasteiger partial charge in [-0.05, 0) is 60.9 Å². The smallest absolute Gasteiger partial charge is 0.229 e. The fourth-order valence-electron chi connectivity index (χ4n) is 4.67. The highest BCUT2D eigenvalue weighted by atomic mass is 16.2. The van der Waals surface area contributed by atoms with Crippen molar-refractivity contribution in [3.63, 3.8) is 0 Å². The van der Waals surface area contributed by atoms with E-state index in [2.05, 4.69) is 46.4 Å². The van der Waals surface area contributed by atoms with E-state index in [4.69, 9.17) is 0 Å². The van der Waals surface area contributed by atoms with Gasteiger partial charge in [0.05, 0.1) is 5.92 Å². The van der Waals surface area contributed by atoms with E-state index in [-0.39, 0.29) is 17.7 Å². The average Bonchev–Trinajstić information content (AvgIpc) is 3.30. The van der Waals surface area contributed by atoms with E-state index in [9.17, 15) is 9.59 Å². The fraction of sp³-hybridized carbons (Fsp3) is 0.520. The Morgan fingerprint density at radius 3 is 2.47 bits per heavy atom. The second kappa shape index (κ2) is 10.1. The van der Waals surface area contributed by atoms with Gasteiger partial charge in [0.15, 0.2) is 5.82 Å². The van der Waals surface area contributed by atoms with Crippen molar-refractivity contribution in [1.82, 2.24) is 15.1 Å². The Kier molecular flexibility index (Phi) is 7.02. The van der Waals surface area contributed by atoms with Crippen LogP contribution in [0, 0.1) is 11.8 Å². The number of anilines is 2. The lowest BCUT2D eigenvalue weighted by atomic mass is 9.89. The molecule has 32 heavy (non-hydrogen) atoms. The number of rotatable bonds is 6. The second-order valence-corrected chi connectivity index (χ2v) is 9.38. The van der Waals surface area contributed by atoms with E-state index in [0.717, 1.165) is 50.4 Å². The number of likely N-dealkylation sites (tertiary alicyclic amines) is 1. The van der Waals surface area contributed by atoms with Gasteiger partial charge in [0.1, 0.15) is 0 Å². The molecule has 2 aliphatic heterocycles. The number of nitrogens with one attached hydrogen (secondary N) is 1. The molecule has 3 heterocycles. The van der Waals surface area contributed by atoms with E-state index in [1.807, 2.05) is 29.2 Å². The van der Waals surface area contributed by atoms with Crippen molar-refractivity contribution in [3.8, 4) is 0 Å². The topological polar surface area (TPSA) is 78.4 Å². The van der Waals surface area contributed by atoms with Crippen LogP contribution in [0.15, 0.2) is 42.6 Å². The zero-order valence-corrected chi connectivity index (χ0v) is 19.0. The summed E-state index contributed by atoms with van der Waals surface area (Å²) in [5, 5.41) is 11.1. The van der Waals surface area contributed by atoms with Crippen LogP contribution >= 0.6 is 0 Å². The first kappa shape index (κ1) is 22.2. The van der Waals surface area contributed by atoms with Crippen molar-refractivity contribution in [2.24, 2.45) is 11.8 Å². The van der Waals surface area contributed by atoms with Crippen LogP contribution in [0.5, 0.6) is 0 Å². The van der Waals surface area contributed by atoms with Gasteiger partial charge in [-0.25, -0.2) is 0 Å². The zero-order chi connectivity index (χ0) is 22.5. The molecule has 0 radical (unpaired) electrons. The number of aromatic nitrogens is 2. The first-order valence-electron chi connectivity index (χ1n) is 11.7. The number of benzene rings is 1. The molecule has 2 fully saturated rings. The maximum Gasteiger partial charge on any atom is 0.229 e. The van der Waals surface area contributed by atoms with Gasteiger partial charge in [-0.2, -0.15) is 5.10 Å². The number of piperidine rings is 1. The largest absolute Gasteiger partial charge is 0.354 e. The highest BCUT2D eigenvalue weighted by Gasteiger charge is 2.29. The summed E-state index contributed by atoms with van der Waals surface area (Å²) in [6.07, 6.45) is 5.10. The van der Waals surface area contributed by atoms with Gasteiger partial charge in [0.2, 0.25) is 11.8 Å². The van der Waals surface area contributed by atoms with Crippen LogP contribution in [0.1, 0.15) is 51.0 Å². The maximum atomic E-state index is 12.7. The monoisotopic (exact) mass is 435 g/mol. The minimum atomic E-state index is -0.0515. The van der Waals surface area contributed by atoms with Crippen LogP contribution in [0.25, 0.3) is 0 Å². The molecular weight excluding hydrogens is 402 g/mol. The maximum absolute atomic E-state index is 12.7. The molecular formula is C25H33N5O2. The van der Waals surface area contributed by atoms with Gasteiger partial charge in [0.25, 0.3) is 0 Å². The number of hydrogen-bond donors (Lipinski definition) is 1. The van der Waals surface area contributed by atoms with Crippen LogP contribution < -0.4 is 10.2 Å². The molecule has 0 bridgehead atoms. The van der Waals surface area contributed by atoms with Gasteiger partial charge < -0.3 is 15.1 Å². The van der Waals surface area contributed by atoms with Gasteiger partial charge in [-0.15, -0.1) is 5.10 Å². The predicted molar refractivity (Wildman–Crippen MR) is 125 cm³/mol. The molecule has 7 heteroatoms. The molecule has 2 aliphatic rings. The van der Waals surface area contributed by atoms with Crippen molar-refractivity contribution in [3.05, 3.63) is 48.2 Å².